The number of benzene rings is 3. The zero-order valence-corrected chi connectivity index (χ0v) is 14.7. The minimum Gasteiger partial charge on any atom is -0.457 e. The predicted molar refractivity (Wildman–Crippen MR) is 105 cm³/mol. The first kappa shape index (κ1) is 18.0. The van der Waals surface area contributed by atoms with Crippen molar-refractivity contribution < 1.29 is 14.3 Å². The van der Waals surface area contributed by atoms with Crippen LogP contribution in [0, 0.1) is 0 Å². The Labute approximate surface area is 157 Å². The van der Waals surface area contributed by atoms with Gasteiger partial charge in [-0.3, -0.25) is 4.79 Å². The number of hydrogen-bond acceptors (Lipinski definition) is 3. The summed E-state index contributed by atoms with van der Waals surface area (Å²) in [6, 6.07) is 22.9. The summed E-state index contributed by atoms with van der Waals surface area (Å²) in [4.78, 5) is 23.9. The molecule has 0 spiro atoms. The normalized spacial score (nSPS) is 9.96. The molecule has 0 aliphatic carbocycles. The second-order valence-corrected chi connectivity index (χ2v) is 5.68. The number of nitrogens with one attached hydrogen (secondary N) is 3. The molecule has 0 aliphatic rings. The molecule has 6 heteroatoms. The Morgan fingerprint density at radius 1 is 0.741 bits per heavy atom. The van der Waals surface area contributed by atoms with Crippen LogP contribution < -0.4 is 20.7 Å². The van der Waals surface area contributed by atoms with Gasteiger partial charge in [-0.25, -0.2) is 4.79 Å². The van der Waals surface area contributed by atoms with Crippen LogP contribution in [0.5, 0.6) is 11.5 Å². The second-order valence-electron chi connectivity index (χ2n) is 5.68. The fourth-order valence-electron chi connectivity index (χ4n) is 2.40. The molecule has 0 radical (unpaired) electrons. The molecule has 3 rings (SSSR count). The number of carbonyl (C=O) groups excluding carboxylic acids is 2. The summed E-state index contributed by atoms with van der Waals surface area (Å²) < 4.78 is 5.76. The van der Waals surface area contributed by atoms with Crippen molar-refractivity contribution >= 4 is 23.3 Å². The van der Waals surface area contributed by atoms with Gasteiger partial charge in [0, 0.05) is 24.0 Å². The smallest absolute Gasteiger partial charge is 0.318 e. The molecule has 3 amide bonds. The summed E-state index contributed by atoms with van der Waals surface area (Å²) in [7, 11) is 1.53. The molecule has 3 N–H and O–H groups in total. The standard InChI is InChI=1S/C21H19N3O3/c1-22-21(26)24-17-9-6-8-16(14-17)23-20(25)15-7-5-12-19(13-15)27-18-10-3-2-4-11-18/h2-14H,1H3,(H,23,25)(H2,22,24,26). The number of ether oxygens (including phenoxy) is 1. The number of amides is 3. The second kappa shape index (κ2) is 8.53. The minimum absolute atomic E-state index is 0.273. The van der Waals surface area contributed by atoms with Gasteiger partial charge in [0.1, 0.15) is 11.5 Å². The molecule has 6 nitrogen and oxygen atoms in total. The van der Waals surface area contributed by atoms with Gasteiger partial charge in [0.05, 0.1) is 0 Å². The van der Waals surface area contributed by atoms with E-state index in [1.807, 2.05) is 30.3 Å². The van der Waals surface area contributed by atoms with Gasteiger partial charge in [-0.2, -0.15) is 0 Å². The molecule has 3 aromatic rings. The topological polar surface area (TPSA) is 79.5 Å². The summed E-state index contributed by atoms with van der Waals surface area (Å²) >= 11 is 0. The molecule has 0 bridgehead atoms. The van der Waals surface area contributed by atoms with E-state index in [0.717, 1.165) is 0 Å². The van der Waals surface area contributed by atoms with Gasteiger partial charge < -0.3 is 20.7 Å². The highest BCUT2D eigenvalue weighted by molar-refractivity contribution is 6.05. The van der Waals surface area contributed by atoms with Crippen LogP contribution in [0.4, 0.5) is 16.2 Å². The summed E-state index contributed by atoms with van der Waals surface area (Å²) in [5.41, 5.74) is 1.62. The molecule has 0 unspecified atom stereocenters. The van der Waals surface area contributed by atoms with Gasteiger partial charge in [0.15, 0.2) is 0 Å². The van der Waals surface area contributed by atoms with E-state index >= 15 is 0 Å². The summed E-state index contributed by atoms with van der Waals surface area (Å²) in [5.74, 6) is 0.998. The van der Waals surface area contributed by atoms with Crippen LogP contribution in [0.2, 0.25) is 0 Å². The summed E-state index contributed by atoms with van der Waals surface area (Å²) in [5, 5.41) is 7.95. The maximum atomic E-state index is 12.5. The van der Waals surface area contributed by atoms with E-state index < -0.39 is 0 Å². The van der Waals surface area contributed by atoms with Crippen LogP contribution in [-0.2, 0) is 0 Å². The number of carbonyl (C=O) groups is 2. The molecule has 0 fully saturated rings. The quantitative estimate of drug-likeness (QED) is 0.627. The average Bonchev–Trinajstić information content (AvgIpc) is 2.69. The lowest BCUT2D eigenvalue weighted by Gasteiger charge is -2.10. The monoisotopic (exact) mass is 361 g/mol. The Balaban J connectivity index is 1.70. The Bertz CT molecular complexity index is 942. The zero-order chi connectivity index (χ0) is 19.1. The maximum absolute atomic E-state index is 12.5. The summed E-state index contributed by atoms with van der Waals surface area (Å²) in [6.07, 6.45) is 0. The minimum atomic E-state index is -0.329. The lowest BCUT2D eigenvalue weighted by atomic mass is 10.2. The molecule has 0 heterocycles. The molecule has 0 saturated heterocycles. The SMILES string of the molecule is CNC(=O)Nc1cccc(NC(=O)c2cccc(Oc3ccccc3)c2)c1. The van der Waals surface area contributed by atoms with Gasteiger partial charge in [0.25, 0.3) is 5.91 Å². The molecule has 0 saturated carbocycles. The molecule has 3 aromatic carbocycles. The number of anilines is 2. The van der Waals surface area contributed by atoms with Gasteiger partial charge in [-0.15, -0.1) is 0 Å². The van der Waals surface area contributed by atoms with Crippen LogP contribution in [0.3, 0.4) is 0 Å². The lowest BCUT2D eigenvalue weighted by molar-refractivity contribution is 0.102. The third-order valence-corrected chi connectivity index (χ3v) is 3.68. The van der Waals surface area contributed by atoms with Crippen molar-refractivity contribution in [1.29, 1.82) is 0 Å². The van der Waals surface area contributed by atoms with Crippen molar-refractivity contribution in [2.45, 2.75) is 0 Å². The van der Waals surface area contributed by atoms with Crippen molar-refractivity contribution in [2.75, 3.05) is 17.7 Å². The van der Waals surface area contributed by atoms with Crippen LogP contribution in [0.15, 0.2) is 78.9 Å². The van der Waals surface area contributed by atoms with Crippen LogP contribution in [0.1, 0.15) is 10.4 Å². The molecular weight excluding hydrogens is 342 g/mol. The largest absolute Gasteiger partial charge is 0.457 e. The third-order valence-electron chi connectivity index (χ3n) is 3.68. The van der Waals surface area contributed by atoms with E-state index in [9.17, 15) is 9.59 Å². The van der Waals surface area contributed by atoms with Gasteiger partial charge in [-0.1, -0.05) is 30.3 Å². The average molecular weight is 361 g/mol. The Morgan fingerprint density at radius 3 is 2.15 bits per heavy atom. The molecule has 0 aromatic heterocycles. The number of para-hydroxylation sites is 1. The van der Waals surface area contributed by atoms with Crippen molar-refractivity contribution in [3.8, 4) is 11.5 Å². The van der Waals surface area contributed by atoms with Crippen LogP contribution >= 0.6 is 0 Å². The number of hydrogen-bond donors (Lipinski definition) is 3. The fraction of sp³-hybridized carbons (Fsp3) is 0.0476. The van der Waals surface area contributed by atoms with E-state index in [1.54, 1.807) is 48.5 Å². The highest BCUT2D eigenvalue weighted by Crippen LogP contribution is 2.22. The highest BCUT2D eigenvalue weighted by atomic mass is 16.5. The van der Waals surface area contributed by atoms with Gasteiger partial charge in [-0.05, 0) is 48.5 Å². The summed E-state index contributed by atoms with van der Waals surface area (Å²) in [6.45, 7) is 0. The molecule has 27 heavy (non-hydrogen) atoms. The Kier molecular flexibility index (Phi) is 5.69. The van der Waals surface area contributed by atoms with Crippen molar-refractivity contribution in [2.24, 2.45) is 0 Å². The predicted octanol–water partition coefficient (Wildman–Crippen LogP) is 4.48. The van der Waals surface area contributed by atoms with Crippen LogP contribution in [-0.4, -0.2) is 19.0 Å². The Morgan fingerprint density at radius 2 is 1.41 bits per heavy atom. The van der Waals surface area contributed by atoms with Crippen LogP contribution in [0.25, 0.3) is 0 Å². The van der Waals surface area contributed by atoms with Gasteiger partial charge in [0.2, 0.25) is 0 Å². The van der Waals surface area contributed by atoms with E-state index in [0.29, 0.717) is 28.4 Å². The molecule has 0 aliphatic heterocycles. The molecule has 0 atom stereocenters. The Hall–Kier alpha value is -3.80. The van der Waals surface area contributed by atoms with Crippen molar-refractivity contribution in [1.82, 2.24) is 5.32 Å². The first-order valence-electron chi connectivity index (χ1n) is 8.37. The molecular formula is C21H19N3O3. The maximum Gasteiger partial charge on any atom is 0.318 e. The fourth-order valence-corrected chi connectivity index (χ4v) is 2.40. The van der Waals surface area contributed by atoms with E-state index in [1.165, 1.54) is 7.05 Å². The highest BCUT2D eigenvalue weighted by Gasteiger charge is 2.09. The lowest BCUT2D eigenvalue weighted by Crippen LogP contribution is -2.24. The molecule has 136 valence electrons. The first-order valence-corrected chi connectivity index (χ1v) is 8.37. The van der Waals surface area contributed by atoms with E-state index in [2.05, 4.69) is 16.0 Å². The first-order chi connectivity index (χ1) is 13.1. The van der Waals surface area contributed by atoms with Gasteiger partial charge >= 0.3 is 6.03 Å². The van der Waals surface area contributed by atoms with Crippen molar-refractivity contribution in [3.63, 3.8) is 0 Å². The van der Waals surface area contributed by atoms with E-state index in [-0.39, 0.29) is 11.9 Å². The number of rotatable bonds is 5. The number of urea groups is 1. The third kappa shape index (κ3) is 5.09. The van der Waals surface area contributed by atoms with E-state index in [4.69, 9.17) is 4.74 Å². The van der Waals surface area contributed by atoms with Crippen molar-refractivity contribution in [3.05, 3.63) is 84.4 Å². The zero-order valence-electron chi connectivity index (χ0n) is 14.7.